The fourth-order valence-corrected chi connectivity index (χ4v) is 2.52. The van der Waals surface area contributed by atoms with E-state index in [1.165, 1.54) is 6.92 Å². The maximum Gasteiger partial charge on any atom is 0.240 e. The molecule has 0 aliphatic carbocycles. The molecule has 0 spiro atoms. The summed E-state index contributed by atoms with van der Waals surface area (Å²) in [6.45, 7) is 1.18. The van der Waals surface area contributed by atoms with Gasteiger partial charge >= 0.3 is 0 Å². The molecule has 0 aromatic heterocycles. The first-order valence-electron chi connectivity index (χ1n) is 4.45. The number of hydrogen-bond acceptors (Lipinski definition) is 3. The molecule has 0 aliphatic heterocycles. The van der Waals surface area contributed by atoms with E-state index < -0.39 is 21.9 Å². The highest BCUT2D eigenvalue weighted by molar-refractivity contribution is 7.89. The number of halogens is 2. The average molecular weight is 268 g/mol. The summed E-state index contributed by atoms with van der Waals surface area (Å²) in [5.41, 5.74) is 0. The van der Waals surface area contributed by atoms with Gasteiger partial charge in [-0.25, -0.2) is 17.5 Å². The lowest BCUT2D eigenvalue weighted by molar-refractivity contribution is 0.265. The van der Waals surface area contributed by atoms with Crippen LogP contribution in [0.3, 0.4) is 0 Å². The summed E-state index contributed by atoms with van der Waals surface area (Å²) in [6, 6.07) is 2.48. The van der Waals surface area contributed by atoms with Crippen molar-refractivity contribution in [2.75, 3.05) is 6.61 Å². The molecule has 2 N–H and O–H groups in total. The molecule has 1 aromatic carbocycles. The van der Waals surface area contributed by atoms with Gasteiger partial charge in [-0.2, -0.15) is 0 Å². The summed E-state index contributed by atoms with van der Waals surface area (Å²) in [6.07, 6.45) is 0. The summed E-state index contributed by atoms with van der Waals surface area (Å²) in [5.74, 6) is -0.684. The normalized spacial score (nSPS) is 13.8. The maximum atomic E-state index is 12.8. The van der Waals surface area contributed by atoms with Crippen LogP contribution in [-0.2, 0) is 10.0 Å². The van der Waals surface area contributed by atoms with Gasteiger partial charge in [-0.3, -0.25) is 0 Å². The van der Waals surface area contributed by atoms with E-state index in [-0.39, 0.29) is 16.5 Å². The Balaban J connectivity index is 3.03. The molecular formula is C9H11ClFNO3S. The van der Waals surface area contributed by atoms with Crippen LogP contribution < -0.4 is 4.72 Å². The molecular weight excluding hydrogens is 257 g/mol. The van der Waals surface area contributed by atoms with Crippen molar-refractivity contribution in [1.82, 2.24) is 4.72 Å². The Morgan fingerprint density at radius 3 is 2.69 bits per heavy atom. The van der Waals surface area contributed by atoms with E-state index in [1.54, 1.807) is 0 Å². The van der Waals surface area contributed by atoms with Gasteiger partial charge in [-0.1, -0.05) is 11.6 Å². The van der Waals surface area contributed by atoms with Gasteiger partial charge in [-0.05, 0) is 25.1 Å². The van der Waals surface area contributed by atoms with Crippen LogP contribution >= 0.6 is 11.6 Å². The zero-order valence-electron chi connectivity index (χ0n) is 8.44. The minimum Gasteiger partial charge on any atom is -0.395 e. The highest BCUT2D eigenvalue weighted by Crippen LogP contribution is 2.19. The Bertz CT molecular complexity index is 478. The summed E-state index contributed by atoms with van der Waals surface area (Å²) in [7, 11) is -3.77. The van der Waals surface area contributed by atoms with Crippen LogP contribution in [0.15, 0.2) is 23.1 Å². The number of aliphatic hydroxyl groups excluding tert-OH is 1. The van der Waals surface area contributed by atoms with Gasteiger partial charge in [0.1, 0.15) is 5.82 Å². The second kappa shape index (κ2) is 5.09. The molecule has 16 heavy (non-hydrogen) atoms. The largest absolute Gasteiger partial charge is 0.395 e. The van der Waals surface area contributed by atoms with Gasteiger partial charge in [0.15, 0.2) is 0 Å². The van der Waals surface area contributed by atoms with E-state index in [0.717, 1.165) is 18.2 Å². The average Bonchev–Trinajstić information content (AvgIpc) is 2.21. The highest BCUT2D eigenvalue weighted by atomic mass is 35.5. The predicted molar refractivity (Wildman–Crippen MR) is 58.3 cm³/mol. The molecule has 7 heteroatoms. The van der Waals surface area contributed by atoms with Crippen LogP contribution in [0.4, 0.5) is 4.39 Å². The smallest absolute Gasteiger partial charge is 0.240 e. The van der Waals surface area contributed by atoms with E-state index in [0.29, 0.717) is 0 Å². The van der Waals surface area contributed by atoms with Crippen LogP contribution in [0.2, 0.25) is 5.02 Å². The Kier molecular flexibility index (Phi) is 4.26. The summed E-state index contributed by atoms with van der Waals surface area (Å²) < 4.78 is 38.4. The van der Waals surface area contributed by atoms with Gasteiger partial charge in [0.2, 0.25) is 10.0 Å². The molecule has 0 saturated heterocycles. The number of sulfonamides is 1. The molecule has 1 rings (SSSR count). The lowest BCUT2D eigenvalue weighted by atomic mass is 10.3. The van der Waals surface area contributed by atoms with Crippen molar-refractivity contribution in [1.29, 1.82) is 0 Å². The predicted octanol–water partition coefficient (Wildman–Crippen LogP) is 1.14. The van der Waals surface area contributed by atoms with Crippen molar-refractivity contribution < 1.29 is 17.9 Å². The van der Waals surface area contributed by atoms with Crippen LogP contribution in [0.1, 0.15) is 6.92 Å². The Labute approximate surface area is 98.1 Å². The van der Waals surface area contributed by atoms with Crippen LogP contribution in [-0.4, -0.2) is 26.2 Å². The van der Waals surface area contributed by atoms with Gasteiger partial charge in [0, 0.05) is 6.04 Å². The van der Waals surface area contributed by atoms with E-state index in [9.17, 15) is 12.8 Å². The minimum atomic E-state index is -3.77. The molecule has 0 heterocycles. The highest BCUT2D eigenvalue weighted by Gasteiger charge is 2.18. The molecule has 0 saturated carbocycles. The second-order valence-electron chi connectivity index (χ2n) is 3.28. The first-order valence-corrected chi connectivity index (χ1v) is 6.31. The van der Waals surface area contributed by atoms with Crippen molar-refractivity contribution in [2.45, 2.75) is 17.9 Å². The van der Waals surface area contributed by atoms with E-state index in [1.807, 2.05) is 0 Å². The lowest BCUT2D eigenvalue weighted by Crippen LogP contribution is -2.35. The fourth-order valence-electron chi connectivity index (χ4n) is 1.01. The second-order valence-corrected chi connectivity index (χ2v) is 5.40. The molecule has 0 bridgehead atoms. The molecule has 0 fully saturated rings. The lowest BCUT2D eigenvalue weighted by Gasteiger charge is -2.11. The van der Waals surface area contributed by atoms with Crippen LogP contribution in [0.5, 0.6) is 0 Å². The number of benzene rings is 1. The Morgan fingerprint density at radius 1 is 1.56 bits per heavy atom. The van der Waals surface area contributed by atoms with Crippen molar-refractivity contribution >= 4 is 21.6 Å². The molecule has 1 atom stereocenters. The van der Waals surface area contributed by atoms with Crippen molar-refractivity contribution in [2.24, 2.45) is 0 Å². The van der Waals surface area contributed by atoms with Crippen LogP contribution in [0.25, 0.3) is 0 Å². The molecule has 0 aliphatic rings. The van der Waals surface area contributed by atoms with Crippen molar-refractivity contribution in [3.63, 3.8) is 0 Å². The maximum absolute atomic E-state index is 12.8. The zero-order valence-corrected chi connectivity index (χ0v) is 10.0. The van der Waals surface area contributed by atoms with E-state index in [4.69, 9.17) is 16.7 Å². The van der Waals surface area contributed by atoms with Gasteiger partial charge in [0.05, 0.1) is 16.5 Å². The van der Waals surface area contributed by atoms with E-state index >= 15 is 0 Å². The summed E-state index contributed by atoms with van der Waals surface area (Å²) in [5, 5.41) is 8.47. The topological polar surface area (TPSA) is 66.4 Å². The fraction of sp³-hybridized carbons (Fsp3) is 0.333. The van der Waals surface area contributed by atoms with E-state index in [2.05, 4.69) is 4.72 Å². The summed E-state index contributed by atoms with van der Waals surface area (Å²) in [4.78, 5) is -0.140. The van der Waals surface area contributed by atoms with Crippen molar-refractivity contribution in [3.8, 4) is 0 Å². The number of aliphatic hydroxyl groups is 1. The zero-order chi connectivity index (χ0) is 12.3. The molecule has 4 nitrogen and oxygen atoms in total. The Morgan fingerprint density at radius 2 is 2.19 bits per heavy atom. The molecule has 1 aromatic rings. The summed E-state index contributed by atoms with van der Waals surface area (Å²) >= 11 is 5.47. The minimum absolute atomic E-state index is 0.140. The monoisotopic (exact) mass is 267 g/mol. The Hall–Kier alpha value is -0.690. The number of rotatable bonds is 4. The molecule has 90 valence electrons. The third kappa shape index (κ3) is 3.15. The quantitative estimate of drug-likeness (QED) is 0.860. The van der Waals surface area contributed by atoms with Gasteiger partial charge in [0.25, 0.3) is 0 Å². The number of hydrogen-bond donors (Lipinski definition) is 2. The van der Waals surface area contributed by atoms with Crippen LogP contribution in [0, 0.1) is 5.82 Å². The number of nitrogens with one attached hydrogen (secondary N) is 1. The molecule has 0 unspecified atom stereocenters. The third-order valence-corrected chi connectivity index (χ3v) is 3.71. The standard InChI is InChI=1S/C9H11ClFNO3S/c1-6(5-13)12-16(14,15)7-2-3-9(11)8(10)4-7/h2-4,6,12-13H,5H2,1H3/t6-/m1/s1. The third-order valence-electron chi connectivity index (χ3n) is 1.83. The van der Waals surface area contributed by atoms with Gasteiger partial charge in [-0.15, -0.1) is 0 Å². The van der Waals surface area contributed by atoms with Gasteiger partial charge < -0.3 is 5.11 Å². The van der Waals surface area contributed by atoms with Crippen molar-refractivity contribution in [3.05, 3.63) is 29.0 Å². The first kappa shape index (κ1) is 13.4. The molecule has 0 amide bonds. The SMILES string of the molecule is C[C@H](CO)NS(=O)(=O)c1ccc(F)c(Cl)c1. The molecule has 0 radical (unpaired) electrons. The first-order chi connectivity index (χ1) is 7.36.